The Bertz CT molecular complexity index is 651. The summed E-state index contributed by atoms with van der Waals surface area (Å²) in [6.45, 7) is 2.08. The summed E-state index contributed by atoms with van der Waals surface area (Å²) >= 11 is 3.59. The number of benzene rings is 2. The van der Waals surface area contributed by atoms with Crippen molar-refractivity contribution < 1.29 is 4.79 Å². The molecule has 96 valence electrons. The lowest BCUT2D eigenvalue weighted by Gasteiger charge is -2.27. The van der Waals surface area contributed by atoms with E-state index in [0.717, 1.165) is 10.2 Å². The van der Waals surface area contributed by atoms with Crippen LogP contribution in [0.25, 0.3) is 0 Å². The molecular weight excluding hydrogens is 302 g/mol. The SMILES string of the molecule is Cc1ccc2c(c1)[C@H](c1ccccc1Br)CC(=O)N2. The van der Waals surface area contributed by atoms with Crippen LogP contribution in [0.15, 0.2) is 46.9 Å². The fourth-order valence-corrected chi connectivity index (χ4v) is 3.18. The lowest BCUT2D eigenvalue weighted by molar-refractivity contribution is -0.116. The van der Waals surface area contributed by atoms with Gasteiger partial charge >= 0.3 is 0 Å². The molecule has 0 saturated heterocycles. The zero-order chi connectivity index (χ0) is 13.4. The van der Waals surface area contributed by atoms with Gasteiger partial charge in [0.15, 0.2) is 0 Å². The molecule has 2 aromatic rings. The van der Waals surface area contributed by atoms with Gasteiger partial charge < -0.3 is 5.32 Å². The first kappa shape index (κ1) is 12.4. The number of carbonyl (C=O) groups is 1. The van der Waals surface area contributed by atoms with Crippen LogP contribution >= 0.6 is 15.9 Å². The monoisotopic (exact) mass is 315 g/mol. The molecule has 1 aliphatic rings. The Morgan fingerprint density at radius 1 is 1.16 bits per heavy atom. The van der Waals surface area contributed by atoms with Crippen LogP contribution in [0.3, 0.4) is 0 Å². The Labute approximate surface area is 121 Å². The maximum atomic E-state index is 11.9. The van der Waals surface area contributed by atoms with Gasteiger partial charge in [-0.3, -0.25) is 4.79 Å². The highest BCUT2D eigenvalue weighted by Crippen LogP contribution is 2.39. The Morgan fingerprint density at radius 2 is 1.95 bits per heavy atom. The number of fused-ring (bicyclic) bond motifs is 1. The normalized spacial score (nSPS) is 17.8. The van der Waals surface area contributed by atoms with Gasteiger partial charge in [0.2, 0.25) is 5.91 Å². The summed E-state index contributed by atoms with van der Waals surface area (Å²) in [7, 11) is 0. The van der Waals surface area contributed by atoms with Crippen LogP contribution in [0.2, 0.25) is 0 Å². The molecule has 0 unspecified atom stereocenters. The molecule has 1 amide bonds. The van der Waals surface area contributed by atoms with Crippen LogP contribution in [0.5, 0.6) is 0 Å². The minimum Gasteiger partial charge on any atom is -0.326 e. The topological polar surface area (TPSA) is 29.1 Å². The molecule has 0 aliphatic carbocycles. The van der Waals surface area contributed by atoms with Crippen molar-refractivity contribution in [2.75, 3.05) is 5.32 Å². The first-order chi connectivity index (χ1) is 9.15. The lowest BCUT2D eigenvalue weighted by atomic mass is 9.84. The van der Waals surface area contributed by atoms with Crippen molar-refractivity contribution in [3.63, 3.8) is 0 Å². The number of hydrogen-bond donors (Lipinski definition) is 1. The van der Waals surface area contributed by atoms with E-state index in [0.29, 0.717) is 6.42 Å². The minimum absolute atomic E-state index is 0.0807. The second kappa shape index (κ2) is 4.82. The van der Waals surface area contributed by atoms with E-state index in [1.807, 2.05) is 30.3 Å². The average molecular weight is 316 g/mol. The first-order valence-electron chi connectivity index (χ1n) is 6.30. The van der Waals surface area contributed by atoms with Crippen LogP contribution in [-0.2, 0) is 4.79 Å². The molecule has 1 heterocycles. The summed E-state index contributed by atoms with van der Waals surface area (Å²) in [5, 5.41) is 2.95. The fourth-order valence-electron chi connectivity index (χ4n) is 2.62. The molecule has 3 rings (SSSR count). The van der Waals surface area contributed by atoms with E-state index in [1.54, 1.807) is 0 Å². The lowest BCUT2D eigenvalue weighted by Crippen LogP contribution is -2.23. The number of amides is 1. The van der Waals surface area contributed by atoms with E-state index in [1.165, 1.54) is 16.7 Å². The standard InChI is InChI=1S/C16H14BrNO/c1-10-6-7-15-13(8-10)12(9-16(19)18-15)11-4-2-3-5-14(11)17/h2-8,12H,9H2,1H3,(H,18,19)/t12-/m0/s1. The molecule has 0 bridgehead atoms. The van der Waals surface area contributed by atoms with Crippen LogP contribution in [-0.4, -0.2) is 5.91 Å². The highest BCUT2D eigenvalue weighted by atomic mass is 79.9. The predicted octanol–water partition coefficient (Wildman–Crippen LogP) is 4.23. The Kier molecular flexibility index (Phi) is 3.15. The number of rotatable bonds is 1. The molecule has 2 nitrogen and oxygen atoms in total. The summed E-state index contributed by atoms with van der Waals surface area (Å²) in [6.07, 6.45) is 0.499. The fraction of sp³-hybridized carbons (Fsp3) is 0.188. The molecule has 0 aromatic heterocycles. The summed E-state index contributed by atoms with van der Waals surface area (Å²) in [5.41, 5.74) is 4.52. The third-order valence-electron chi connectivity index (χ3n) is 3.53. The largest absolute Gasteiger partial charge is 0.326 e. The zero-order valence-corrected chi connectivity index (χ0v) is 12.2. The highest BCUT2D eigenvalue weighted by molar-refractivity contribution is 9.10. The van der Waals surface area contributed by atoms with E-state index in [4.69, 9.17) is 0 Å². The van der Waals surface area contributed by atoms with Gasteiger partial charge in [-0.25, -0.2) is 0 Å². The van der Waals surface area contributed by atoms with E-state index >= 15 is 0 Å². The van der Waals surface area contributed by atoms with Gasteiger partial charge in [0.25, 0.3) is 0 Å². The van der Waals surface area contributed by atoms with Crippen LogP contribution in [0.1, 0.15) is 29.0 Å². The van der Waals surface area contributed by atoms with Gasteiger partial charge in [-0.15, -0.1) is 0 Å². The van der Waals surface area contributed by atoms with Gasteiger partial charge in [0.05, 0.1) is 0 Å². The van der Waals surface area contributed by atoms with Gasteiger partial charge in [-0.1, -0.05) is 51.8 Å². The maximum absolute atomic E-state index is 11.9. The second-order valence-electron chi connectivity index (χ2n) is 4.92. The molecule has 19 heavy (non-hydrogen) atoms. The van der Waals surface area contributed by atoms with Gasteiger partial charge in [0, 0.05) is 22.5 Å². The van der Waals surface area contributed by atoms with Crippen molar-refractivity contribution in [2.45, 2.75) is 19.3 Å². The summed E-state index contributed by atoms with van der Waals surface area (Å²) in [4.78, 5) is 11.9. The summed E-state index contributed by atoms with van der Waals surface area (Å²) in [5.74, 6) is 0.205. The van der Waals surface area contributed by atoms with Crippen molar-refractivity contribution in [3.8, 4) is 0 Å². The van der Waals surface area contributed by atoms with Gasteiger partial charge in [-0.05, 0) is 30.2 Å². The molecule has 0 spiro atoms. The smallest absolute Gasteiger partial charge is 0.225 e. The number of halogens is 1. The number of anilines is 1. The van der Waals surface area contributed by atoms with Crippen LogP contribution in [0, 0.1) is 6.92 Å². The van der Waals surface area contributed by atoms with Crippen molar-refractivity contribution in [1.82, 2.24) is 0 Å². The predicted molar refractivity (Wildman–Crippen MR) is 80.4 cm³/mol. The number of nitrogens with one attached hydrogen (secondary N) is 1. The van der Waals surface area contributed by atoms with Gasteiger partial charge in [-0.2, -0.15) is 0 Å². The van der Waals surface area contributed by atoms with Crippen molar-refractivity contribution in [2.24, 2.45) is 0 Å². The maximum Gasteiger partial charge on any atom is 0.225 e. The first-order valence-corrected chi connectivity index (χ1v) is 7.09. The average Bonchev–Trinajstić information content (AvgIpc) is 2.39. The molecule has 0 saturated carbocycles. The van der Waals surface area contributed by atoms with Crippen LogP contribution < -0.4 is 5.32 Å². The van der Waals surface area contributed by atoms with Gasteiger partial charge in [0.1, 0.15) is 0 Å². The highest BCUT2D eigenvalue weighted by Gasteiger charge is 2.27. The summed E-state index contributed by atoms with van der Waals surface area (Å²) in [6, 6.07) is 14.3. The molecular formula is C16H14BrNO. The molecule has 0 radical (unpaired) electrons. The van der Waals surface area contributed by atoms with Crippen molar-refractivity contribution in [1.29, 1.82) is 0 Å². The molecule has 1 aliphatic heterocycles. The number of hydrogen-bond acceptors (Lipinski definition) is 1. The molecule has 1 N–H and O–H groups in total. The number of aryl methyl sites for hydroxylation is 1. The van der Waals surface area contributed by atoms with E-state index in [2.05, 4.69) is 40.3 Å². The van der Waals surface area contributed by atoms with Crippen LogP contribution in [0.4, 0.5) is 5.69 Å². The van der Waals surface area contributed by atoms with Crippen molar-refractivity contribution >= 4 is 27.5 Å². The van der Waals surface area contributed by atoms with E-state index in [9.17, 15) is 4.79 Å². The zero-order valence-electron chi connectivity index (χ0n) is 10.6. The Morgan fingerprint density at radius 3 is 2.74 bits per heavy atom. The molecule has 3 heteroatoms. The van der Waals surface area contributed by atoms with E-state index in [-0.39, 0.29) is 11.8 Å². The molecule has 0 fully saturated rings. The quantitative estimate of drug-likeness (QED) is 0.838. The Balaban J connectivity index is 2.16. The third-order valence-corrected chi connectivity index (χ3v) is 4.25. The van der Waals surface area contributed by atoms with Crippen molar-refractivity contribution in [3.05, 3.63) is 63.6 Å². The molecule has 1 atom stereocenters. The third kappa shape index (κ3) is 2.30. The number of carbonyl (C=O) groups excluding carboxylic acids is 1. The minimum atomic E-state index is 0.0807. The second-order valence-corrected chi connectivity index (χ2v) is 5.77. The summed E-state index contributed by atoms with van der Waals surface area (Å²) < 4.78 is 1.06. The Hall–Kier alpha value is -1.61. The van der Waals surface area contributed by atoms with E-state index < -0.39 is 0 Å². The molecule has 2 aromatic carbocycles.